The Balaban J connectivity index is 1.69. The van der Waals surface area contributed by atoms with Gasteiger partial charge in [-0.3, -0.25) is 9.69 Å². The summed E-state index contributed by atoms with van der Waals surface area (Å²) < 4.78 is 10.9. The molecule has 1 fully saturated rings. The molecule has 0 radical (unpaired) electrons. The maximum atomic E-state index is 12.5. The lowest BCUT2D eigenvalue weighted by atomic mass is 10.00. The minimum Gasteiger partial charge on any atom is -0.496 e. The summed E-state index contributed by atoms with van der Waals surface area (Å²) in [6.45, 7) is 8.74. The Bertz CT molecular complexity index is 919. The summed E-state index contributed by atoms with van der Waals surface area (Å²) in [6, 6.07) is 4.21. The monoisotopic (exact) mass is 386 g/mol. The molecular formula is C22H30N2O4. The van der Waals surface area contributed by atoms with Crippen LogP contribution in [0.15, 0.2) is 21.3 Å². The Morgan fingerprint density at radius 3 is 2.82 bits per heavy atom. The number of rotatable bonds is 7. The molecule has 0 unspecified atom stereocenters. The molecule has 3 rings (SSSR count). The Hall–Kier alpha value is -2.34. The zero-order valence-corrected chi connectivity index (χ0v) is 17.3. The zero-order valence-electron chi connectivity index (χ0n) is 17.3. The van der Waals surface area contributed by atoms with Crippen LogP contribution in [0.25, 0.3) is 11.0 Å². The van der Waals surface area contributed by atoms with Gasteiger partial charge in [0.2, 0.25) is 5.91 Å². The van der Waals surface area contributed by atoms with Gasteiger partial charge >= 0.3 is 5.63 Å². The first-order chi connectivity index (χ1) is 13.5. The van der Waals surface area contributed by atoms with E-state index in [4.69, 9.17) is 9.15 Å². The van der Waals surface area contributed by atoms with Crippen molar-refractivity contribution >= 4 is 16.9 Å². The molecule has 1 aromatic heterocycles. The van der Waals surface area contributed by atoms with E-state index in [1.807, 2.05) is 26.0 Å². The van der Waals surface area contributed by atoms with Crippen LogP contribution in [0.3, 0.4) is 0 Å². The first kappa shape index (κ1) is 20.4. The third-order valence-electron chi connectivity index (χ3n) is 5.92. The number of nitrogens with one attached hydrogen (secondary N) is 1. The van der Waals surface area contributed by atoms with Crippen LogP contribution in [0.5, 0.6) is 5.75 Å². The predicted octanol–water partition coefficient (Wildman–Crippen LogP) is 2.95. The summed E-state index contributed by atoms with van der Waals surface area (Å²) in [5.41, 5.74) is 2.43. The number of fused-ring (bicyclic) bond motifs is 1. The molecule has 1 amide bonds. The number of likely N-dealkylation sites (tertiary alicyclic amines) is 1. The lowest BCUT2D eigenvalue weighted by Crippen LogP contribution is -2.40. The van der Waals surface area contributed by atoms with Gasteiger partial charge in [0.05, 0.1) is 7.11 Å². The summed E-state index contributed by atoms with van der Waals surface area (Å²) in [5.74, 6) is 0.669. The maximum Gasteiger partial charge on any atom is 0.339 e. The van der Waals surface area contributed by atoms with Crippen LogP contribution in [0.2, 0.25) is 0 Å². The molecule has 1 aromatic carbocycles. The number of methoxy groups -OCH3 is 1. The second-order valence-electron chi connectivity index (χ2n) is 7.49. The molecule has 152 valence electrons. The number of hydrogen-bond acceptors (Lipinski definition) is 5. The molecule has 0 aliphatic carbocycles. The topological polar surface area (TPSA) is 71.8 Å². The van der Waals surface area contributed by atoms with Crippen LogP contribution in [0, 0.1) is 13.8 Å². The van der Waals surface area contributed by atoms with Gasteiger partial charge in [0.1, 0.15) is 11.3 Å². The van der Waals surface area contributed by atoms with Crippen LogP contribution in [-0.4, -0.2) is 43.6 Å². The van der Waals surface area contributed by atoms with Crippen LogP contribution in [-0.2, 0) is 11.2 Å². The van der Waals surface area contributed by atoms with E-state index >= 15 is 0 Å². The molecule has 6 nitrogen and oxygen atoms in total. The highest BCUT2D eigenvalue weighted by atomic mass is 16.5. The third-order valence-corrected chi connectivity index (χ3v) is 5.92. The van der Waals surface area contributed by atoms with Gasteiger partial charge in [-0.15, -0.1) is 0 Å². The Kier molecular flexibility index (Phi) is 6.39. The standard InChI is InChI=1S/C22H30N2O4/c1-5-24-12-6-7-16(24)13-23-20(25)11-9-18-14(2)17-8-10-19(27-4)15(3)21(17)28-22(18)26/h8,10,16H,5-7,9,11-13H2,1-4H3,(H,23,25)/t16-/m1/s1. The smallest absolute Gasteiger partial charge is 0.339 e. The molecule has 2 aromatic rings. The molecule has 0 spiro atoms. The van der Waals surface area contributed by atoms with Crippen molar-refractivity contribution in [3.8, 4) is 5.75 Å². The predicted molar refractivity (Wildman–Crippen MR) is 110 cm³/mol. The third kappa shape index (κ3) is 4.07. The molecule has 2 heterocycles. The fraction of sp³-hybridized carbons (Fsp3) is 0.545. The minimum atomic E-state index is -0.373. The quantitative estimate of drug-likeness (QED) is 0.741. The van der Waals surface area contributed by atoms with Gasteiger partial charge in [-0.25, -0.2) is 4.79 Å². The van der Waals surface area contributed by atoms with Crippen molar-refractivity contribution in [2.45, 2.75) is 52.5 Å². The van der Waals surface area contributed by atoms with Crippen molar-refractivity contribution in [3.63, 3.8) is 0 Å². The largest absolute Gasteiger partial charge is 0.496 e. The van der Waals surface area contributed by atoms with Gasteiger partial charge in [-0.1, -0.05) is 6.92 Å². The average molecular weight is 386 g/mol. The van der Waals surface area contributed by atoms with Crippen molar-refractivity contribution in [2.24, 2.45) is 0 Å². The Morgan fingerprint density at radius 2 is 2.11 bits per heavy atom. The van der Waals surface area contributed by atoms with Crippen LogP contribution < -0.4 is 15.7 Å². The number of carbonyl (C=O) groups is 1. The van der Waals surface area contributed by atoms with Gasteiger partial charge in [-0.05, 0) is 63.9 Å². The molecule has 0 bridgehead atoms. The van der Waals surface area contributed by atoms with E-state index in [2.05, 4.69) is 17.1 Å². The summed E-state index contributed by atoms with van der Waals surface area (Å²) >= 11 is 0. The molecule has 1 atom stereocenters. The van der Waals surface area contributed by atoms with E-state index < -0.39 is 0 Å². The zero-order chi connectivity index (χ0) is 20.3. The number of carbonyl (C=O) groups excluding carboxylic acids is 1. The Labute approximate surface area is 165 Å². The SMILES string of the molecule is CCN1CCC[C@@H]1CNC(=O)CCc1c(C)c2ccc(OC)c(C)c2oc1=O. The minimum absolute atomic E-state index is 0.0206. The lowest BCUT2D eigenvalue weighted by molar-refractivity contribution is -0.121. The number of likely N-dealkylation sites (N-methyl/N-ethyl adjacent to an activating group) is 1. The number of benzene rings is 1. The highest BCUT2D eigenvalue weighted by Crippen LogP contribution is 2.29. The normalized spacial score (nSPS) is 17.2. The summed E-state index contributed by atoms with van der Waals surface area (Å²) in [7, 11) is 1.59. The van der Waals surface area contributed by atoms with E-state index in [0.717, 1.165) is 36.0 Å². The van der Waals surface area contributed by atoms with Crippen molar-refractivity contribution in [2.75, 3.05) is 26.7 Å². The van der Waals surface area contributed by atoms with E-state index in [0.29, 0.717) is 35.9 Å². The van der Waals surface area contributed by atoms with E-state index in [-0.39, 0.29) is 18.0 Å². The molecule has 1 aliphatic heterocycles. The number of hydrogen-bond donors (Lipinski definition) is 1. The molecule has 1 aliphatic rings. The Morgan fingerprint density at radius 1 is 1.32 bits per heavy atom. The molecule has 6 heteroatoms. The van der Waals surface area contributed by atoms with Crippen LogP contribution in [0.1, 0.15) is 42.9 Å². The van der Waals surface area contributed by atoms with E-state index in [1.165, 1.54) is 6.42 Å². The number of aryl methyl sites for hydroxylation is 2. The summed E-state index contributed by atoms with van der Waals surface area (Å²) in [4.78, 5) is 27.2. The molecule has 1 N–H and O–H groups in total. The van der Waals surface area contributed by atoms with Crippen molar-refractivity contribution < 1.29 is 13.9 Å². The van der Waals surface area contributed by atoms with Gasteiger partial charge in [-0.2, -0.15) is 0 Å². The first-order valence-electron chi connectivity index (χ1n) is 10.1. The number of nitrogens with zero attached hydrogens (tertiary/aromatic N) is 1. The summed E-state index contributed by atoms with van der Waals surface area (Å²) in [5, 5.41) is 3.92. The van der Waals surface area contributed by atoms with Gasteiger partial charge in [0, 0.05) is 35.5 Å². The second kappa shape index (κ2) is 8.78. The fourth-order valence-electron chi connectivity index (χ4n) is 4.18. The van der Waals surface area contributed by atoms with Crippen molar-refractivity contribution in [3.05, 3.63) is 39.2 Å². The van der Waals surface area contributed by atoms with Gasteiger partial charge in [0.25, 0.3) is 0 Å². The summed E-state index contributed by atoms with van der Waals surface area (Å²) in [6.07, 6.45) is 2.98. The number of ether oxygens (including phenoxy) is 1. The van der Waals surface area contributed by atoms with Crippen molar-refractivity contribution in [1.82, 2.24) is 10.2 Å². The van der Waals surface area contributed by atoms with Crippen molar-refractivity contribution in [1.29, 1.82) is 0 Å². The average Bonchev–Trinajstić information content (AvgIpc) is 3.14. The lowest BCUT2D eigenvalue weighted by Gasteiger charge is -2.22. The van der Waals surface area contributed by atoms with Gasteiger partial charge in [0.15, 0.2) is 0 Å². The fourth-order valence-corrected chi connectivity index (χ4v) is 4.18. The highest BCUT2D eigenvalue weighted by molar-refractivity contribution is 5.85. The van der Waals surface area contributed by atoms with Gasteiger partial charge < -0.3 is 14.5 Å². The maximum absolute atomic E-state index is 12.5. The van der Waals surface area contributed by atoms with Crippen LogP contribution >= 0.6 is 0 Å². The number of amides is 1. The first-order valence-corrected chi connectivity index (χ1v) is 10.1. The molecule has 28 heavy (non-hydrogen) atoms. The second-order valence-corrected chi connectivity index (χ2v) is 7.49. The highest BCUT2D eigenvalue weighted by Gasteiger charge is 2.23. The molecular weight excluding hydrogens is 356 g/mol. The molecule has 1 saturated heterocycles. The molecule has 0 saturated carbocycles. The van der Waals surface area contributed by atoms with E-state index in [9.17, 15) is 9.59 Å². The van der Waals surface area contributed by atoms with Crippen LogP contribution in [0.4, 0.5) is 0 Å². The van der Waals surface area contributed by atoms with E-state index in [1.54, 1.807) is 7.11 Å².